The normalized spacial score (nSPS) is 10.4. The topological polar surface area (TPSA) is 55.0 Å². The van der Waals surface area contributed by atoms with Crippen LogP contribution in [0.15, 0.2) is 29.4 Å². The van der Waals surface area contributed by atoms with E-state index in [2.05, 4.69) is 14.7 Å². The van der Waals surface area contributed by atoms with Gasteiger partial charge in [0.1, 0.15) is 0 Å². The molecule has 0 radical (unpaired) electrons. The van der Waals surface area contributed by atoms with Crippen molar-refractivity contribution in [3.05, 3.63) is 24.3 Å². The van der Waals surface area contributed by atoms with E-state index in [1.807, 2.05) is 24.3 Å². The van der Waals surface area contributed by atoms with Gasteiger partial charge in [0.05, 0.1) is 18.1 Å². The summed E-state index contributed by atoms with van der Waals surface area (Å²) >= 11 is 0.942. The molecule has 0 fully saturated rings. The molecule has 0 bridgehead atoms. The summed E-state index contributed by atoms with van der Waals surface area (Å²) in [7, 11) is 1.35. The third-order valence-electron chi connectivity index (χ3n) is 1.71. The van der Waals surface area contributed by atoms with Gasteiger partial charge in [-0.25, -0.2) is 9.78 Å². The summed E-state index contributed by atoms with van der Waals surface area (Å²) in [6.45, 7) is 0. The minimum absolute atomic E-state index is 0.371. The van der Waals surface area contributed by atoms with Gasteiger partial charge >= 0.3 is 5.30 Å². The summed E-state index contributed by atoms with van der Waals surface area (Å²) in [6.07, 6.45) is 0. The number of aromatic amines is 1. The van der Waals surface area contributed by atoms with Crippen molar-refractivity contribution in [3.8, 4) is 0 Å². The second kappa shape index (κ2) is 3.71. The zero-order valence-electron chi connectivity index (χ0n) is 7.48. The Morgan fingerprint density at radius 1 is 1.50 bits per heavy atom. The number of thioether (sulfide) groups is 1. The van der Waals surface area contributed by atoms with Gasteiger partial charge in [-0.2, -0.15) is 0 Å². The first kappa shape index (κ1) is 9.08. The smallest absolute Gasteiger partial charge is 0.374 e. The maximum Gasteiger partial charge on any atom is 0.374 e. The molecule has 0 unspecified atom stereocenters. The Kier molecular flexibility index (Phi) is 2.41. The van der Waals surface area contributed by atoms with Crippen molar-refractivity contribution in [1.82, 2.24) is 9.97 Å². The first-order chi connectivity index (χ1) is 6.79. The highest BCUT2D eigenvalue weighted by Gasteiger charge is 2.08. The van der Waals surface area contributed by atoms with Crippen molar-refractivity contribution in [2.24, 2.45) is 0 Å². The van der Waals surface area contributed by atoms with Crippen LogP contribution in [0.1, 0.15) is 0 Å². The molecule has 0 amide bonds. The molecule has 5 heteroatoms. The average Bonchev–Trinajstić information content (AvgIpc) is 2.59. The van der Waals surface area contributed by atoms with Crippen molar-refractivity contribution in [2.75, 3.05) is 7.11 Å². The Balaban J connectivity index is 2.31. The molecule has 2 aromatic rings. The van der Waals surface area contributed by atoms with Crippen LogP contribution >= 0.6 is 11.8 Å². The maximum absolute atomic E-state index is 10.9. The van der Waals surface area contributed by atoms with Gasteiger partial charge in [-0.1, -0.05) is 12.1 Å². The first-order valence-corrected chi connectivity index (χ1v) is 4.82. The quantitative estimate of drug-likeness (QED) is 0.577. The zero-order valence-corrected chi connectivity index (χ0v) is 8.30. The van der Waals surface area contributed by atoms with Gasteiger partial charge in [0.25, 0.3) is 0 Å². The Morgan fingerprint density at radius 2 is 2.29 bits per heavy atom. The highest BCUT2D eigenvalue weighted by Crippen LogP contribution is 2.20. The van der Waals surface area contributed by atoms with Gasteiger partial charge < -0.3 is 9.72 Å². The summed E-state index contributed by atoms with van der Waals surface area (Å²) in [5, 5.41) is 0.183. The second-order valence-electron chi connectivity index (χ2n) is 2.62. The van der Waals surface area contributed by atoms with E-state index in [-0.39, 0.29) is 5.30 Å². The highest BCUT2D eigenvalue weighted by molar-refractivity contribution is 8.13. The number of H-pyrrole nitrogens is 1. The molecule has 4 nitrogen and oxygen atoms in total. The molecule has 0 aliphatic heterocycles. The second-order valence-corrected chi connectivity index (χ2v) is 3.54. The molecular weight excluding hydrogens is 200 g/mol. The fraction of sp³-hybridized carbons (Fsp3) is 0.111. The molecule has 1 heterocycles. The number of carbonyl (C=O) groups is 1. The van der Waals surface area contributed by atoms with Crippen molar-refractivity contribution >= 4 is 28.1 Å². The minimum Gasteiger partial charge on any atom is -0.461 e. The van der Waals surface area contributed by atoms with Crippen LogP contribution in [0.2, 0.25) is 0 Å². The number of methoxy groups -OCH3 is 1. The summed E-state index contributed by atoms with van der Waals surface area (Å²) in [6, 6.07) is 7.60. The maximum atomic E-state index is 10.9. The van der Waals surface area contributed by atoms with E-state index < -0.39 is 0 Å². The molecule has 1 N–H and O–H groups in total. The van der Waals surface area contributed by atoms with Crippen molar-refractivity contribution in [2.45, 2.75) is 5.16 Å². The number of rotatable bonds is 1. The number of hydrogen-bond donors (Lipinski definition) is 1. The van der Waals surface area contributed by atoms with Crippen molar-refractivity contribution in [1.29, 1.82) is 0 Å². The van der Waals surface area contributed by atoms with Crippen LogP contribution in [0.4, 0.5) is 4.79 Å². The van der Waals surface area contributed by atoms with Crippen LogP contribution in [-0.2, 0) is 4.74 Å². The number of aromatic nitrogens is 2. The molecular formula is C9H8N2O2S. The average molecular weight is 208 g/mol. The molecule has 0 saturated carbocycles. The fourth-order valence-corrected chi connectivity index (χ4v) is 1.64. The van der Waals surface area contributed by atoms with E-state index in [0.717, 1.165) is 22.8 Å². The monoisotopic (exact) mass is 208 g/mol. The van der Waals surface area contributed by atoms with Gasteiger partial charge in [-0.05, 0) is 12.1 Å². The molecule has 1 aromatic heterocycles. The summed E-state index contributed by atoms with van der Waals surface area (Å²) in [5.41, 5.74) is 1.76. The number of carbonyl (C=O) groups excluding carboxylic acids is 1. The van der Waals surface area contributed by atoms with E-state index in [4.69, 9.17) is 0 Å². The van der Waals surface area contributed by atoms with Crippen LogP contribution in [0.25, 0.3) is 11.0 Å². The fourth-order valence-electron chi connectivity index (χ4n) is 1.10. The predicted octanol–water partition coefficient (Wildman–Crippen LogP) is 2.42. The van der Waals surface area contributed by atoms with Crippen LogP contribution in [0.3, 0.4) is 0 Å². The van der Waals surface area contributed by atoms with Crippen LogP contribution in [0.5, 0.6) is 0 Å². The van der Waals surface area contributed by atoms with Crippen molar-refractivity contribution in [3.63, 3.8) is 0 Å². The lowest BCUT2D eigenvalue weighted by Crippen LogP contribution is -1.90. The van der Waals surface area contributed by atoms with E-state index >= 15 is 0 Å². The molecule has 2 rings (SSSR count). The predicted molar refractivity (Wildman–Crippen MR) is 54.4 cm³/mol. The molecule has 0 aliphatic carbocycles. The SMILES string of the molecule is COC(=O)Sc1nc2ccccc2[nH]1. The van der Waals surface area contributed by atoms with Crippen molar-refractivity contribution < 1.29 is 9.53 Å². The molecule has 72 valence electrons. The Morgan fingerprint density at radius 3 is 3.00 bits per heavy atom. The summed E-state index contributed by atoms with van der Waals surface area (Å²) in [5.74, 6) is 0. The molecule has 0 spiro atoms. The molecule has 0 aliphatic rings. The molecule has 14 heavy (non-hydrogen) atoms. The van der Waals surface area contributed by atoms with Gasteiger partial charge in [0, 0.05) is 11.8 Å². The molecule has 0 saturated heterocycles. The van der Waals surface area contributed by atoms with Gasteiger partial charge in [0.2, 0.25) is 0 Å². The number of fused-ring (bicyclic) bond motifs is 1. The van der Waals surface area contributed by atoms with E-state index in [1.165, 1.54) is 7.11 Å². The third-order valence-corrected chi connectivity index (χ3v) is 2.43. The van der Waals surface area contributed by atoms with Crippen LogP contribution < -0.4 is 0 Å². The number of para-hydroxylation sites is 2. The zero-order chi connectivity index (χ0) is 9.97. The lowest BCUT2D eigenvalue weighted by atomic mass is 10.3. The Bertz CT molecular complexity index is 434. The van der Waals surface area contributed by atoms with E-state index in [1.54, 1.807) is 0 Å². The Labute approximate surface area is 84.7 Å². The van der Waals surface area contributed by atoms with Crippen LogP contribution in [0, 0.1) is 0 Å². The van der Waals surface area contributed by atoms with Gasteiger partial charge in [0.15, 0.2) is 5.16 Å². The minimum atomic E-state index is -0.371. The number of benzene rings is 1. The van der Waals surface area contributed by atoms with E-state index in [9.17, 15) is 4.79 Å². The highest BCUT2D eigenvalue weighted by atomic mass is 32.2. The summed E-state index contributed by atoms with van der Waals surface area (Å²) in [4.78, 5) is 18.2. The number of nitrogens with zero attached hydrogens (tertiary/aromatic N) is 1. The largest absolute Gasteiger partial charge is 0.461 e. The van der Waals surface area contributed by atoms with Gasteiger partial charge in [-0.3, -0.25) is 0 Å². The molecule has 0 atom stereocenters. The van der Waals surface area contributed by atoms with E-state index in [0.29, 0.717) is 5.16 Å². The summed E-state index contributed by atoms with van der Waals surface area (Å²) < 4.78 is 4.51. The molecule has 1 aromatic carbocycles. The third kappa shape index (κ3) is 1.72. The standard InChI is InChI=1S/C9H8N2O2S/c1-13-9(12)14-8-10-6-4-2-3-5-7(6)11-8/h2-5H,1H3,(H,10,11). The number of imidazole rings is 1. The lowest BCUT2D eigenvalue weighted by Gasteiger charge is -1.92. The Hall–Kier alpha value is -1.49. The van der Waals surface area contributed by atoms with Gasteiger partial charge in [-0.15, -0.1) is 0 Å². The van der Waals surface area contributed by atoms with Crippen LogP contribution in [-0.4, -0.2) is 22.4 Å². The number of hydrogen-bond acceptors (Lipinski definition) is 4. The first-order valence-electron chi connectivity index (χ1n) is 4.00. The number of ether oxygens (including phenoxy) is 1. The lowest BCUT2D eigenvalue weighted by molar-refractivity contribution is 0.200. The number of nitrogens with one attached hydrogen (secondary N) is 1.